The maximum atomic E-state index is 11.6. The Morgan fingerprint density at radius 2 is 2.18 bits per heavy atom. The van der Waals surface area contributed by atoms with E-state index in [1.165, 1.54) is 6.42 Å². The Bertz CT molecular complexity index is 294. The van der Waals surface area contributed by atoms with Crippen LogP contribution in [0.1, 0.15) is 19.3 Å². The molecule has 5 unspecified atom stereocenters. The third kappa shape index (κ3) is 0.730. The van der Waals surface area contributed by atoms with E-state index in [2.05, 4.69) is 0 Å². The molecule has 0 N–H and O–H groups in total. The van der Waals surface area contributed by atoms with Gasteiger partial charge >= 0.3 is 0 Å². The van der Waals surface area contributed by atoms with Gasteiger partial charge in [0, 0.05) is 17.1 Å². The van der Waals surface area contributed by atoms with E-state index in [0.717, 1.165) is 18.8 Å². The zero-order valence-corrected chi connectivity index (χ0v) is 7.70. The van der Waals surface area contributed by atoms with E-state index in [4.69, 9.17) is 15.4 Å². The summed E-state index contributed by atoms with van der Waals surface area (Å²) in [5, 5.41) is 0.237. The second-order valence-corrected chi connectivity index (χ2v) is 7.08. The highest BCUT2D eigenvalue weighted by atomic mass is 32.8. The van der Waals surface area contributed by atoms with E-state index in [0.29, 0.717) is 5.92 Å². The Balaban J connectivity index is 2.14. The molecule has 1 heterocycles. The van der Waals surface area contributed by atoms with Gasteiger partial charge in [-0.3, -0.25) is 4.18 Å². The van der Waals surface area contributed by atoms with Gasteiger partial charge in [0.2, 0.25) is 0 Å². The highest BCUT2D eigenvalue weighted by molar-refractivity contribution is 8.30. The summed E-state index contributed by atoms with van der Waals surface area (Å²) in [6.45, 7) is 0. The highest BCUT2D eigenvalue weighted by Crippen LogP contribution is 2.54. The summed E-state index contributed by atoms with van der Waals surface area (Å²) >= 11 is 4.96. The molecule has 2 saturated carbocycles. The van der Waals surface area contributed by atoms with Crippen LogP contribution in [0.15, 0.2) is 0 Å². The van der Waals surface area contributed by atoms with Crippen LogP contribution in [0, 0.1) is 11.8 Å². The fourth-order valence-electron chi connectivity index (χ4n) is 2.91. The molecule has 0 aromatic carbocycles. The molecule has 0 spiro atoms. The molecule has 4 heteroatoms. The summed E-state index contributed by atoms with van der Waals surface area (Å²) in [5.74, 6) is 1.34. The number of rotatable bonds is 0. The maximum Gasteiger partial charge on any atom is 0.147 e. The summed E-state index contributed by atoms with van der Waals surface area (Å²) < 4.78 is 17.0. The fourth-order valence-corrected chi connectivity index (χ4v) is 5.81. The van der Waals surface area contributed by atoms with Crippen LogP contribution in [0.4, 0.5) is 0 Å². The average molecular weight is 190 g/mol. The Morgan fingerprint density at radius 3 is 2.73 bits per heavy atom. The highest BCUT2D eigenvalue weighted by Gasteiger charge is 2.57. The quantitative estimate of drug-likeness (QED) is 0.566. The van der Waals surface area contributed by atoms with E-state index < -0.39 is 8.77 Å². The minimum Gasteiger partial charge on any atom is -0.286 e. The molecule has 3 rings (SSSR count). The second kappa shape index (κ2) is 1.80. The maximum absolute atomic E-state index is 11.6. The molecule has 0 radical (unpaired) electrons. The lowest BCUT2D eigenvalue weighted by molar-refractivity contribution is 0.202. The monoisotopic (exact) mass is 190 g/mol. The van der Waals surface area contributed by atoms with Crippen LogP contribution < -0.4 is 0 Å². The molecule has 2 nitrogen and oxygen atoms in total. The van der Waals surface area contributed by atoms with Crippen molar-refractivity contribution >= 4 is 20.0 Å². The second-order valence-electron chi connectivity index (χ2n) is 3.90. The average Bonchev–Trinajstić information content (AvgIpc) is 2.44. The standard InChI is InChI=1S/C7H10O2S2/c8-11(10)7-3-4-1-5(7)6(2-4)9-11/h4-7H,1-3H2. The third-order valence-corrected chi connectivity index (χ3v) is 6.10. The lowest BCUT2D eigenvalue weighted by atomic mass is 9.98. The summed E-state index contributed by atoms with van der Waals surface area (Å²) in [6.07, 6.45) is 3.69. The molecule has 0 amide bonds. The van der Waals surface area contributed by atoms with Crippen LogP contribution in [-0.2, 0) is 24.1 Å². The Morgan fingerprint density at radius 1 is 1.36 bits per heavy atom. The summed E-state index contributed by atoms with van der Waals surface area (Å²) in [6, 6.07) is 0. The van der Waals surface area contributed by atoms with E-state index in [1.807, 2.05) is 0 Å². The van der Waals surface area contributed by atoms with Crippen LogP contribution >= 0.6 is 0 Å². The molecule has 2 aliphatic carbocycles. The van der Waals surface area contributed by atoms with Gasteiger partial charge in [-0.25, -0.2) is 4.21 Å². The van der Waals surface area contributed by atoms with E-state index >= 15 is 0 Å². The van der Waals surface area contributed by atoms with Crippen molar-refractivity contribution in [3.8, 4) is 0 Å². The van der Waals surface area contributed by atoms with Crippen LogP contribution in [0.5, 0.6) is 0 Å². The van der Waals surface area contributed by atoms with Crippen molar-refractivity contribution in [3.05, 3.63) is 0 Å². The minimum atomic E-state index is -2.30. The molecule has 3 aliphatic rings. The molecule has 11 heavy (non-hydrogen) atoms. The molecule has 2 bridgehead atoms. The van der Waals surface area contributed by atoms with E-state index in [1.54, 1.807) is 0 Å². The van der Waals surface area contributed by atoms with Crippen molar-refractivity contribution in [1.29, 1.82) is 0 Å². The van der Waals surface area contributed by atoms with Gasteiger partial charge in [-0.15, -0.1) is 0 Å². The van der Waals surface area contributed by atoms with Crippen molar-refractivity contribution in [2.75, 3.05) is 0 Å². The van der Waals surface area contributed by atoms with Gasteiger partial charge in [-0.05, 0) is 25.2 Å². The molecular weight excluding hydrogens is 180 g/mol. The molecule has 62 valence electrons. The van der Waals surface area contributed by atoms with Crippen LogP contribution in [0.3, 0.4) is 0 Å². The Labute approximate surface area is 71.2 Å². The number of hydrogen-bond donors (Lipinski definition) is 0. The lowest BCUT2D eigenvalue weighted by Gasteiger charge is -2.12. The molecule has 3 fully saturated rings. The zero-order chi connectivity index (χ0) is 7.64. The molecule has 1 saturated heterocycles. The normalized spacial score (nSPS) is 65.8. The van der Waals surface area contributed by atoms with Gasteiger partial charge in [0.05, 0.1) is 11.4 Å². The predicted molar refractivity (Wildman–Crippen MR) is 45.0 cm³/mol. The van der Waals surface area contributed by atoms with Crippen molar-refractivity contribution in [3.63, 3.8) is 0 Å². The van der Waals surface area contributed by atoms with Crippen molar-refractivity contribution < 1.29 is 8.39 Å². The summed E-state index contributed by atoms with van der Waals surface area (Å²) in [4.78, 5) is 0. The van der Waals surface area contributed by atoms with Crippen molar-refractivity contribution in [2.45, 2.75) is 30.6 Å². The minimum absolute atomic E-state index is 0.237. The van der Waals surface area contributed by atoms with Gasteiger partial charge in [0.25, 0.3) is 0 Å². The predicted octanol–water partition coefficient (Wildman–Crippen LogP) is 0.845. The largest absolute Gasteiger partial charge is 0.286 e. The van der Waals surface area contributed by atoms with Crippen molar-refractivity contribution in [1.82, 2.24) is 0 Å². The molecule has 0 aromatic heterocycles. The number of hydrogen-bond acceptors (Lipinski definition) is 3. The van der Waals surface area contributed by atoms with Gasteiger partial charge in [-0.2, -0.15) is 0 Å². The zero-order valence-electron chi connectivity index (χ0n) is 6.06. The SMILES string of the molecule is O=S1(=S)OC2CC3CC2C1C3. The first-order chi connectivity index (χ1) is 5.17. The van der Waals surface area contributed by atoms with E-state index in [9.17, 15) is 4.21 Å². The van der Waals surface area contributed by atoms with Crippen LogP contribution in [0.25, 0.3) is 0 Å². The molecule has 5 atom stereocenters. The van der Waals surface area contributed by atoms with Gasteiger partial charge in [0.15, 0.2) is 0 Å². The fraction of sp³-hybridized carbons (Fsp3) is 1.00. The summed E-state index contributed by atoms with van der Waals surface area (Å²) in [5.41, 5.74) is 0. The van der Waals surface area contributed by atoms with Gasteiger partial charge in [-0.1, -0.05) is 0 Å². The van der Waals surface area contributed by atoms with E-state index in [-0.39, 0.29) is 11.4 Å². The third-order valence-electron chi connectivity index (χ3n) is 3.32. The first-order valence-electron chi connectivity index (χ1n) is 4.09. The van der Waals surface area contributed by atoms with Crippen LogP contribution in [-0.4, -0.2) is 15.6 Å². The lowest BCUT2D eigenvalue weighted by Crippen LogP contribution is -2.20. The topological polar surface area (TPSA) is 26.3 Å². The number of fused-ring (bicyclic) bond motifs is 1. The first-order valence-corrected chi connectivity index (χ1v) is 6.56. The van der Waals surface area contributed by atoms with Gasteiger partial charge < -0.3 is 0 Å². The first kappa shape index (κ1) is 6.80. The Kier molecular flexibility index (Phi) is 1.12. The molecule has 1 aliphatic heterocycles. The summed E-state index contributed by atoms with van der Waals surface area (Å²) in [7, 11) is -2.30. The molecule has 0 aromatic rings. The van der Waals surface area contributed by atoms with Crippen LogP contribution in [0.2, 0.25) is 0 Å². The molecular formula is C7H10O2S2. The van der Waals surface area contributed by atoms with Gasteiger partial charge in [0.1, 0.15) is 8.77 Å². The van der Waals surface area contributed by atoms with Crippen molar-refractivity contribution in [2.24, 2.45) is 11.8 Å². The smallest absolute Gasteiger partial charge is 0.147 e. The Hall–Kier alpha value is 0.330.